The van der Waals surface area contributed by atoms with Gasteiger partial charge in [-0.3, -0.25) is 0 Å². The molecule has 1 N–H and O–H groups in total. The Labute approximate surface area is 127 Å². The van der Waals surface area contributed by atoms with Crippen molar-refractivity contribution >= 4 is 5.91 Å². The summed E-state index contributed by atoms with van der Waals surface area (Å²) in [5, 5.41) is 3.60. The third kappa shape index (κ3) is 0.140. The van der Waals surface area contributed by atoms with Gasteiger partial charge >= 0.3 is 115 Å². The van der Waals surface area contributed by atoms with E-state index in [1.807, 2.05) is 0 Å². The number of nitrogens with zero attached hydrogens (tertiary/aromatic N) is 1. The summed E-state index contributed by atoms with van der Waals surface area (Å²) in [5.41, 5.74) is 0. The van der Waals surface area contributed by atoms with Crippen LogP contribution in [0.1, 0.15) is 13.3 Å². The molecule has 0 aromatic rings. The molecule has 0 aromatic heterocycles. The van der Waals surface area contributed by atoms with E-state index in [0.29, 0.717) is 16.4 Å². The standard InChI is InChI=1S/C12H19N2O.C5H5.ClH.Fe/c1-5-11(14(2,3)4)13-12(15)10-8-6-7-9-10;1-2-4-5-3-1;;/h6-9,11H,5H2,1-4H3;1-5H;1H;. The molecule has 22 heavy (non-hydrogen) atoms. The van der Waals surface area contributed by atoms with Crippen LogP contribution in [-0.2, 0) is 11.3 Å². The second kappa shape index (κ2) is 1.02. The maximum Gasteiger partial charge on any atom is -1.00 e. The average molecular weight is 365 g/mol. The van der Waals surface area contributed by atoms with E-state index < -0.39 is 6.51 Å². The van der Waals surface area contributed by atoms with E-state index in [1.54, 1.807) is 0 Å². The van der Waals surface area contributed by atoms with Gasteiger partial charge in [-0.15, -0.1) is 0 Å². The molecule has 10 saturated heterocycles. The molecule has 10 rings (SSSR count). The first-order chi connectivity index (χ1) is 9.63. The van der Waals surface area contributed by atoms with E-state index in [-0.39, 0.29) is 12.4 Å². The van der Waals surface area contributed by atoms with Crippen molar-refractivity contribution in [2.24, 2.45) is 0 Å². The van der Waals surface area contributed by atoms with Crippen molar-refractivity contribution in [3.05, 3.63) is 0 Å². The van der Waals surface area contributed by atoms with Gasteiger partial charge in [-0.25, -0.2) is 0 Å². The van der Waals surface area contributed by atoms with Crippen LogP contribution < -0.4 is 17.7 Å². The minimum atomic E-state index is -3.22. The van der Waals surface area contributed by atoms with Gasteiger partial charge in [0.2, 0.25) is 0 Å². The predicted molar refractivity (Wildman–Crippen MR) is 76.7 cm³/mol. The van der Waals surface area contributed by atoms with Gasteiger partial charge in [-0.05, 0) is 0 Å². The van der Waals surface area contributed by atoms with Crippen LogP contribution in [0.5, 0.6) is 0 Å². The SMILES string of the molecule is CCC(NC(=O)[C]12[CH]3[CH]4[CH]5[CH]1[Fe]45321678[CH]2[CH]1[CH]6[CH]7[CH]28)[N+](C)(C)C.[Cl-]. The van der Waals surface area contributed by atoms with Gasteiger partial charge in [0, 0.05) is 0 Å². The fourth-order valence-corrected chi connectivity index (χ4v) is 91.6. The van der Waals surface area contributed by atoms with Crippen molar-refractivity contribution in [1.82, 2.24) is 5.32 Å². The van der Waals surface area contributed by atoms with Crippen LogP contribution in [0, 0.1) is 0 Å². The van der Waals surface area contributed by atoms with Gasteiger partial charge in [0.25, 0.3) is 0 Å². The molecule has 5 unspecified atom stereocenters. The van der Waals surface area contributed by atoms with E-state index in [4.69, 9.17) is 0 Å². The molecule has 1 amide bonds. The molecule has 5 atom stereocenters. The van der Waals surface area contributed by atoms with Crippen LogP contribution in [0.25, 0.3) is 0 Å². The van der Waals surface area contributed by atoms with Gasteiger partial charge in [-0.2, -0.15) is 0 Å². The molecule has 10 fully saturated rings. The largest absolute Gasteiger partial charge is 1.00 e. The van der Waals surface area contributed by atoms with Crippen molar-refractivity contribution in [3.8, 4) is 0 Å². The zero-order valence-corrected chi connectivity index (χ0v) is 15.4. The number of quaternary nitrogens is 1. The van der Waals surface area contributed by atoms with E-state index in [9.17, 15) is 4.79 Å². The van der Waals surface area contributed by atoms with E-state index in [2.05, 4.69) is 33.4 Å². The molecule has 0 aliphatic carbocycles. The Morgan fingerprint density at radius 1 is 1.05 bits per heavy atom. The number of rotatable bonds is 4. The first-order valence-electron chi connectivity index (χ1n) is 8.97. The molecule has 10 heterocycles. The maximum atomic E-state index is 13.5. The smallest absolute Gasteiger partial charge is 1.00 e. The second-order valence-electron chi connectivity index (χ2n) is 13.2. The third-order valence-electron chi connectivity index (χ3n) is 16.6. The summed E-state index contributed by atoms with van der Waals surface area (Å²) in [6, 6.07) is 0. The quantitative estimate of drug-likeness (QED) is 0.434. The zero-order valence-electron chi connectivity index (χ0n) is 13.6. The fraction of sp³-hybridized carbons (Fsp3) is 0.941. The molecular formula is C17H25ClFeN2O. The van der Waals surface area contributed by atoms with Crippen LogP contribution in [0.2, 0.25) is 47.7 Å². The van der Waals surface area contributed by atoms with Crippen LogP contribution in [-0.4, -0.2) is 37.7 Å². The van der Waals surface area contributed by atoms with Gasteiger partial charge in [0.1, 0.15) is 0 Å². The summed E-state index contributed by atoms with van der Waals surface area (Å²) in [7, 11) is 6.69. The zero-order chi connectivity index (χ0) is 14.1. The number of hydrogen-bond acceptors (Lipinski definition) is 1. The molecular weight excluding hydrogens is 339 g/mol. The van der Waals surface area contributed by atoms with Crippen molar-refractivity contribution < 1.29 is 28.2 Å². The number of amides is 1. The van der Waals surface area contributed by atoms with Crippen molar-refractivity contribution in [2.75, 3.05) is 21.1 Å². The van der Waals surface area contributed by atoms with Crippen molar-refractivity contribution in [1.29, 1.82) is 0 Å². The molecule has 3 nitrogen and oxygen atoms in total. The Kier molecular flexibility index (Phi) is 0.510. The van der Waals surface area contributed by atoms with Gasteiger partial charge in [0.05, 0.1) is 0 Å². The first-order valence-corrected chi connectivity index (χ1v) is 15.3. The molecule has 124 valence electrons. The number of nitrogens with one attached hydrogen (secondary N) is 1. The summed E-state index contributed by atoms with van der Waals surface area (Å²) in [4.78, 5) is 24.5. The van der Waals surface area contributed by atoms with Crippen molar-refractivity contribution in [3.63, 3.8) is 0 Å². The van der Waals surface area contributed by atoms with E-state index in [0.717, 1.165) is 20.5 Å². The monoisotopic (exact) mass is 364 g/mol. The normalized spacial score (nSPS) is 96.3. The molecule has 0 saturated carbocycles. The second-order valence-corrected chi connectivity index (χ2v) is 36.8. The molecule has 10 aliphatic heterocycles. The molecule has 1 spiro atoms. The fourth-order valence-electron chi connectivity index (χ4n) is 17.9. The minimum absolute atomic E-state index is 0. The topological polar surface area (TPSA) is 29.1 Å². The van der Waals surface area contributed by atoms with Crippen molar-refractivity contribution in [2.45, 2.75) is 67.2 Å². The third-order valence-corrected chi connectivity index (χ3v) is 58.9. The summed E-state index contributed by atoms with van der Waals surface area (Å²) in [5.74, 6) is 0.605. The van der Waals surface area contributed by atoms with E-state index >= 15 is 0 Å². The van der Waals surface area contributed by atoms with E-state index in [1.165, 1.54) is 33.7 Å². The van der Waals surface area contributed by atoms with Crippen LogP contribution in [0.3, 0.4) is 0 Å². The summed E-state index contributed by atoms with van der Waals surface area (Å²) in [6.07, 6.45) is 1.38. The first kappa shape index (κ1) is 11.0. The molecule has 0 aromatic carbocycles. The van der Waals surface area contributed by atoms with Gasteiger partial charge in [-0.1, -0.05) is 0 Å². The predicted octanol–water partition coefficient (Wildman–Crippen LogP) is 0.308. The Balaban J connectivity index is 0.000000900. The maximum absolute atomic E-state index is 13.5. The number of halogens is 1. The Morgan fingerprint density at radius 2 is 1.50 bits per heavy atom. The molecule has 0 radical (unpaired) electrons. The molecule has 5 heteroatoms. The average Bonchev–Trinajstić information content (AvgIpc) is 3.36. The number of carbonyl (C=O) groups excluding carboxylic acids is 1. The van der Waals surface area contributed by atoms with Gasteiger partial charge < -0.3 is 12.4 Å². The van der Waals surface area contributed by atoms with Gasteiger partial charge in [0.15, 0.2) is 0 Å². The number of fused-ring (bicyclic) bond motifs is 10. The summed E-state index contributed by atoms with van der Waals surface area (Å²) >= 11 is 0. The molecule has 10 aliphatic rings. The van der Waals surface area contributed by atoms with Crippen LogP contribution in [0.4, 0.5) is 0 Å². The Morgan fingerprint density at radius 3 is 1.73 bits per heavy atom. The Bertz CT molecular complexity index is 1030. The number of hydrogen-bond donors (Lipinski definition) is 1. The summed E-state index contributed by atoms with van der Waals surface area (Å²) < 4.78 is 1.26. The van der Waals surface area contributed by atoms with Crippen LogP contribution >= 0.6 is 0 Å². The van der Waals surface area contributed by atoms with Crippen LogP contribution in [0.15, 0.2) is 0 Å². The number of carbonyl (C=O) groups is 1. The summed E-state index contributed by atoms with van der Waals surface area (Å²) in [6.45, 7) is -0.988. The minimum Gasteiger partial charge on any atom is -1.00 e. The Hall–Kier alpha value is 0.239. The molecule has 0 bridgehead atoms.